The van der Waals surface area contributed by atoms with Crippen molar-refractivity contribution in [3.63, 3.8) is 0 Å². The Kier molecular flexibility index (Phi) is 5.66. The number of hydrogen-bond acceptors (Lipinski definition) is 3. The molecule has 0 radical (unpaired) electrons. The monoisotopic (exact) mass is 236 g/mol. The molecule has 0 aliphatic carbocycles. The van der Waals surface area contributed by atoms with Gasteiger partial charge in [0.15, 0.2) is 0 Å². The Morgan fingerprint density at radius 2 is 2.18 bits per heavy atom. The molecule has 0 heterocycles. The van der Waals surface area contributed by atoms with Crippen LogP contribution in [-0.2, 0) is 11.2 Å². The molecule has 0 aliphatic rings. The Balaban J connectivity index is 2.74. The van der Waals surface area contributed by atoms with E-state index in [0.29, 0.717) is 25.1 Å². The minimum absolute atomic E-state index is 0.00145. The SMILES string of the molecule is COCC(C)NC(=O)c1ccccc1CCN. The summed E-state index contributed by atoms with van der Waals surface area (Å²) < 4.78 is 4.98. The Hall–Kier alpha value is -1.39. The zero-order valence-electron chi connectivity index (χ0n) is 10.4. The molecule has 0 saturated heterocycles. The lowest BCUT2D eigenvalue weighted by molar-refractivity contribution is 0.0904. The van der Waals surface area contributed by atoms with Crippen molar-refractivity contribution in [2.45, 2.75) is 19.4 Å². The lowest BCUT2D eigenvalue weighted by atomic mass is 10.0. The normalized spacial score (nSPS) is 12.2. The maximum atomic E-state index is 12.0. The third-order valence-corrected chi connectivity index (χ3v) is 2.47. The third-order valence-electron chi connectivity index (χ3n) is 2.47. The van der Waals surface area contributed by atoms with Gasteiger partial charge in [-0.3, -0.25) is 4.79 Å². The van der Waals surface area contributed by atoms with Gasteiger partial charge >= 0.3 is 0 Å². The van der Waals surface area contributed by atoms with Crippen LogP contribution >= 0.6 is 0 Å². The summed E-state index contributed by atoms with van der Waals surface area (Å²) in [6.07, 6.45) is 0.711. The molecule has 3 N–H and O–H groups in total. The maximum absolute atomic E-state index is 12.0. The fourth-order valence-electron chi connectivity index (χ4n) is 1.71. The summed E-state index contributed by atoms with van der Waals surface area (Å²) in [5.41, 5.74) is 7.21. The number of methoxy groups -OCH3 is 1. The minimum Gasteiger partial charge on any atom is -0.383 e. The van der Waals surface area contributed by atoms with E-state index in [1.54, 1.807) is 7.11 Å². The van der Waals surface area contributed by atoms with Crippen molar-refractivity contribution in [2.75, 3.05) is 20.3 Å². The molecule has 1 rings (SSSR count). The van der Waals surface area contributed by atoms with Crippen molar-refractivity contribution in [2.24, 2.45) is 5.73 Å². The number of hydrogen-bond donors (Lipinski definition) is 2. The summed E-state index contributed by atoms with van der Waals surface area (Å²) in [6, 6.07) is 7.53. The van der Waals surface area contributed by atoms with Crippen LogP contribution in [0.2, 0.25) is 0 Å². The van der Waals surface area contributed by atoms with E-state index in [9.17, 15) is 4.79 Å². The number of ether oxygens (including phenoxy) is 1. The molecule has 0 aromatic heterocycles. The Labute approximate surface area is 102 Å². The molecule has 0 aliphatic heterocycles. The van der Waals surface area contributed by atoms with Gasteiger partial charge in [-0.25, -0.2) is 0 Å². The summed E-state index contributed by atoms with van der Waals surface area (Å²) in [7, 11) is 1.62. The van der Waals surface area contributed by atoms with Gasteiger partial charge in [0.05, 0.1) is 6.61 Å². The summed E-state index contributed by atoms with van der Waals surface area (Å²) in [5.74, 6) is -0.0707. The van der Waals surface area contributed by atoms with E-state index in [2.05, 4.69) is 5.32 Å². The second-order valence-corrected chi connectivity index (χ2v) is 4.03. The highest BCUT2D eigenvalue weighted by Crippen LogP contribution is 2.09. The van der Waals surface area contributed by atoms with E-state index in [1.165, 1.54) is 0 Å². The van der Waals surface area contributed by atoms with Gasteiger partial charge in [-0.1, -0.05) is 18.2 Å². The van der Waals surface area contributed by atoms with Crippen molar-refractivity contribution < 1.29 is 9.53 Å². The Morgan fingerprint density at radius 3 is 2.82 bits per heavy atom. The first-order chi connectivity index (χ1) is 8.19. The molecular weight excluding hydrogens is 216 g/mol. The smallest absolute Gasteiger partial charge is 0.251 e. The molecule has 4 nitrogen and oxygen atoms in total. The highest BCUT2D eigenvalue weighted by molar-refractivity contribution is 5.95. The fourth-order valence-corrected chi connectivity index (χ4v) is 1.71. The van der Waals surface area contributed by atoms with Gasteiger partial charge in [-0.15, -0.1) is 0 Å². The molecular formula is C13H20N2O2. The van der Waals surface area contributed by atoms with Crippen LogP contribution in [0.5, 0.6) is 0 Å². The standard InChI is InChI=1S/C13H20N2O2/c1-10(9-17-2)15-13(16)12-6-4-3-5-11(12)7-8-14/h3-6,10H,7-9,14H2,1-2H3,(H,15,16). The third kappa shape index (κ3) is 4.17. The van der Waals surface area contributed by atoms with Gasteiger partial charge in [0.2, 0.25) is 0 Å². The van der Waals surface area contributed by atoms with E-state index < -0.39 is 0 Å². The van der Waals surface area contributed by atoms with Gasteiger partial charge in [-0.2, -0.15) is 0 Å². The molecule has 0 fully saturated rings. The first kappa shape index (κ1) is 13.7. The van der Waals surface area contributed by atoms with E-state index in [-0.39, 0.29) is 11.9 Å². The molecule has 0 bridgehead atoms. The van der Waals surface area contributed by atoms with Crippen LogP contribution in [-0.4, -0.2) is 32.2 Å². The lowest BCUT2D eigenvalue weighted by Crippen LogP contribution is -2.36. The predicted molar refractivity (Wildman–Crippen MR) is 68.0 cm³/mol. The van der Waals surface area contributed by atoms with Crippen molar-refractivity contribution in [1.82, 2.24) is 5.32 Å². The number of amides is 1. The van der Waals surface area contributed by atoms with Crippen LogP contribution in [0.25, 0.3) is 0 Å². The van der Waals surface area contributed by atoms with Gasteiger partial charge in [-0.05, 0) is 31.5 Å². The van der Waals surface area contributed by atoms with Crippen molar-refractivity contribution >= 4 is 5.91 Å². The molecule has 1 aromatic rings. The molecule has 1 unspecified atom stereocenters. The first-order valence-electron chi connectivity index (χ1n) is 5.76. The van der Waals surface area contributed by atoms with E-state index in [0.717, 1.165) is 5.56 Å². The second-order valence-electron chi connectivity index (χ2n) is 4.03. The fraction of sp³-hybridized carbons (Fsp3) is 0.462. The van der Waals surface area contributed by atoms with Crippen molar-refractivity contribution in [1.29, 1.82) is 0 Å². The highest BCUT2D eigenvalue weighted by Gasteiger charge is 2.12. The summed E-state index contributed by atoms with van der Waals surface area (Å²) in [4.78, 5) is 12.0. The summed E-state index contributed by atoms with van der Waals surface area (Å²) >= 11 is 0. The van der Waals surface area contributed by atoms with Crippen LogP contribution < -0.4 is 11.1 Å². The van der Waals surface area contributed by atoms with E-state index in [4.69, 9.17) is 10.5 Å². The zero-order valence-corrected chi connectivity index (χ0v) is 10.4. The quantitative estimate of drug-likeness (QED) is 0.773. The number of nitrogens with one attached hydrogen (secondary N) is 1. The van der Waals surface area contributed by atoms with Crippen molar-refractivity contribution in [3.8, 4) is 0 Å². The molecule has 1 aromatic carbocycles. The number of nitrogens with two attached hydrogens (primary N) is 1. The largest absolute Gasteiger partial charge is 0.383 e. The lowest BCUT2D eigenvalue weighted by Gasteiger charge is -2.14. The number of rotatable bonds is 6. The average Bonchev–Trinajstić information content (AvgIpc) is 2.30. The van der Waals surface area contributed by atoms with Gasteiger partial charge in [0.1, 0.15) is 0 Å². The van der Waals surface area contributed by atoms with Crippen LogP contribution in [0.4, 0.5) is 0 Å². The van der Waals surface area contributed by atoms with Crippen LogP contribution in [0.3, 0.4) is 0 Å². The molecule has 0 spiro atoms. The average molecular weight is 236 g/mol. The molecule has 1 atom stereocenters. The van der Waals surface area contributed by atoms with Crippen LogP contribution in [0.1, 0.15) is 22.8 Å². The van der Waals surface area contributed by atoms with Crippen LogP contribution in [0.15, 0.2) is 24.3 Å². The van der Waals surface area contributed by atoms with E-state index >= 15 is 0 Å². The Bertz CT molecular complexity index is 366. The van der Waals surface area contributed by atoms with Gasteiger partial charge in [0, 0.05) is 18.7 Å². The molecule has 0 saturated carbocycles. The summed E-state index contributed by atoms with van der Waals surface area (Å²) in [5, 5.41) is 2.89. The topological polar surface area (TPSA) is 64.3 Å². The molecule has 4 heteroatoms. The summed E-state index contributed by atoms with van der Waals surface area (Å²) in [6.45, 7) is 2.95. The predicted octanol–water partition coefficient (Wildman–Crippen LogP) is 0.952. The molecule has 17 heavy (non-hydrogen) atoms. The zero-order chi connectivity index (χ0) is 12.7. The highest BCUT2D eigenvalue weighted by atomic mass is 16.5. The minimum atomic E-state index is -0.0707. The maximum Gasteiger partial charge on any atom is 0.251 e. The second kappa shape index (κ2) is 7.04. The molecule has 94 valence electrons. The van der Waals surface area contributed by atoms with Gasteiger partial charge in [0.25, 0.3) is 5.91 Å². The first-order valence-corrected chi connectivity index (χ1v) is 5.76. The number of benzene rings is 1. The Morgan fingerprint density at radius 1 is 1.47 bits per heavy atom. The number of carbonyl (C=O) groups is 1. The van der Waals surface area contributed by atoms with E-state index in [1.807, 2.05) is 31.2 Å². The van der Waals surface area contributed by atoms with Gasteiger partial charge < -0.3 is 15.8 Å². The number of carbonyl (C=O) groups excluding carboxylic acids is 1. The molecule has 1 amide bonds. The van der Waals surface area contributed by atoms with Crippen molar-refractivity contribution in [3.05, 3.63) is 35.4 Å². The van der Waals surface area contributed by atoms with Crippen LogP contribution in [0, 0.1) is 0 Å².